The molecule has 1 amide bonds. The van der Waals surface area contributed by atoms with Crippen LogP contribution in [0.3, 0.4) is 0 Å². The molecule has 0 aliphatic rings. The summed E-state index contributed by atoms with van der Waals surface area (Å²) < 4.78 is 0. The van der Waals surface area contributed by atoms with Gasteiger partial charge in [0.05, 0.1) is 5.71 Å². The Morgan fingerprint density at radius 3 is 2.38 bits per heavy atom. The molecule has 1 N–H and O–H groups in total. The number of carbonyl (C=O) groups excluding carboxylic acids is 1. The minimum absolute atomic E-state index is 0.183. The molecule has 21 heavy (non-hydrogen) atoms. The molecule has 0 heterocycles. The highest BCUT2D eigenvalue weighted by molar-refractivity contribution is 6.01. The zero-order valence-corrected chi connectivity index (χ0v) is 12.7. The van der Waals surface area contributed by atoms with Gasteiger partial charge in [0, 0.05) is 5.56 Å². The molecule has 3 heteroatoms. The van der Waals surface area contributed by atoms with Crippen LogP contribution in [-0.4, -0.2) is 11.6 Å². The number of hydrogen-bond donors (Lipinski definition) is 1. The van der Waals surface area contributed by atoms with Gasteiger partial charge in [0.1, 0.15) is 0 Å². The van der Waals surface area contributed by atoms with E-state index in [2.05, 4.69) is 29.6 Å². The predicted molar refractivity (Wildman–Crippen MR) is 86.7 cm³/mol. The number of hydrazone groups is 1. The van der Waals surface area contributed by atoms with Gasteiger partial charge in [-0.3, -0.25) is 4.79 Å². The van der Waals surface area contributed by atoms with Crippen LogP contribution in [0.5, 0.6) is 0 Å². The van der Waals surface area contributed by atoms with Crippen molar-refractivity contribution in [1.82, 2.24) is 5.43 Å². The zero-order valence-electron chi connectivity index (χ0n) is 12.7. The fraction of sp³-hybridized carbons (Fsp3) is 0.222. The number of nitrogens with zero attached hydrogens (tertiary/aromatic N) is 1. The Morgan fingerprint density at radius 2 is 1.76 bits per heavy atom. The first-order valence-corrected chi connectivity index (χ1v) is 7.11. The van der Waals surface area contributed by atoms with Crippen LogP contribution in [0.2, 0.25) is 0 Å². The Labute approximate surface area is 125 Å². The molecule has 0 fully saturated rings. The second-order valence-electron chi connectivity index (χ2n) is 5.00. The lowest BCUT2D eigenvalue weighted by Gasteiger charge is -2.06. The van der Waals surface area contributed by atoms with Crippen molar-refractivity contribution in [2.24, 2.45) is 5.10 Å². The van der Waals surface area contributed by atoms with Gasteiger partial charge < -0.3 is 0 Å². The molecule has 0 radical (unpaired) electrons. The number of amides is 1. The number of aryl methyl sites for hydroxylation is 2. The molecule has 0 unspecified atom stereocenters. The first-order chi connectivity index (χ1) is 10.1. The van der Waals surface area contributed by atoms with Crippen molar-refractivity contribution in [3.8, 4) is 0 Å². The minimum atomic E-state index is -0.183. The molecule has 108 valence electrons. The largest absolute Gasteiger partial charge is 0.271 e. The summed E-state index contributed by atoms with van der Waals surface area (Å²) in [6.45, 7) is 5.92. The maximum Gasteiger partial charge on any atom is 0.271 e. The molecule has 0 atom stereocenters. The lowest BCUT2D eigenvalue weighted by Crippen LogP contribution is -2.20. The number of rotatable bonds is 4. The Bertz CT molecular complexity index is 657. The fourth-order valence-electron chi connectivity index (χ4n) is 2.07. The lowest BCUT2D eigenvalue weighted by molar-refractivity contribution is 0.0954. The third-order valence-electron chi connectivity index (χ3n) is 3.49. The van der Waals surface area contributed by atoms with Crippen molar-refractivity contribution in [3.63, 3.8) is 0 Å². The SMILES string of the molecule is CCc1ccc(/C(C)=N/NC(=O)c2ccccc2C)cc1. The monoisotopic (exact) mass is 280 g/mol. The van der Waals surface area contributed by atoms with Crippen LogP contribution < -0.4 is 5.43 Å². The third kappa shape index (κ3) is 3.78. The van der Waals surface area contributed by atoms with Crippen LogP contribution >= 0.6 is 0 Å². The van der Waals surface area contributed by atoms with Crippen LogP contribution in [0.4, 0.5) is 0 Å². The van der Waals surface area contributed by atoms with Crippen molar-refractivity contribution in [3.05, 3.63) is 70.8 Å². The van der Waals surface area contributed by atoms with Crippen LogP contribution in [0, 0.1) is 6.92 Å². The van der Waals surface area contributed by atoms with E-state index in [1.165, 1.54) is 5.56 Å². The highest BCUT2D eigenvalue weighted by Crippen LogP contribution is 2.08. The smallest absolute Gasteiger partial charge is 0.267 e. The van der Waals surface area contributed by atoms with Crippen LogP contribution in [-0.2, 0) is 6.42 Å². The van der Waals surface area contributed by atoms with E-state index in [-0.39, 0.29) is 5.91 Å². The zero-order chi connectivity index (χ0) is 15.2. The summed E-state index contributed by atoms with van der Waals surface area (Å²) in [4.78, 5) is 12.1. The topological polar surface area (TPSA) is 41.5 Å². The van der Waals surface area contributed by atoms with Crippen LogP contribution in [0.1, 0.15) is 40.9 Å². The number of carbonyl (C=O) groups is 1. The van der Waals surface area contributed by atoms with Crippen molar-refractivity contribution in [2.45, 2.75) is 27.2 Å². The first kappa shape index (κ1) is 15.0. The fourth-order valence-corrected chi connectivity index (χ4v) is 2.07. The first-order valence-electron chi connectivity index (χ1n) is 7.11. The summed E-state index contributed by atoms with van der Waals surface area (Å²) in [5.74, 6) is -0.183. The van der Waals surface area contributed by atoms with Crippen molar-refractivity contribution in [2.75, 3.05) is 0 Å². The molecule has 0 saturated heterocycles. The highest BCUT2D eigenvalue weighted by Gasteiger charge is 2.07. The molecule has 0 aliphatic carbocycles. The van der Waals surface area contributed by atoms with Crippen LogP contribution in [0.15, 0.2) is 53.6 Å². The van der Waals surface area contributed by atoms with E-state index in [1.54, 1.807) is 6.07 Å². The van der Waals surface area contributed by atoms with Gasteiger partial charge in [-0.2, -0.15) is 5.10 Å². The van der Waals surface area contributed by atoms with E-state index in [4.69, 9.17) is 0 Å². The van der Waals surface area contributed by atoms with Crippen molar-refractivity contribution < 1.29 is 4.79 Å². The van der Waals surface area contributed by atoms with Crippen molar-refractivity contribution >= 4 is 11.6 Å². The molecule has 0 aliphatic heterocycles. The molecular weight excluding hydrogens is 260 g/mol. The van der Waals surface area contributed by atoms with E-state index in [0.717, 1.165) is 23.3 Å². The normalized spacial score (nSPS) is 11.3. The second-order valence-corrected chi connectivity index (χ2v) is 5.00. The quantitative estimate of drug-likeness (QED) is 0.673. The maximum atomic E-state index is 12.1. The number of hydrogen-bond acceptors (Lipinski definition) is 2. The standard InChI is InChI=1S/C18H20N2O/c1-4-15-9-11-16(12-10-15)14(3)19-20-18(21)17-8-6-5-7-13(17)2/h5-12H,4H2,1-3H3,(H,20,21)/b19-14+. The Kier molecular flexibility index (Phi) is 4.88. The van der Waals surface area contributed by atoms with Gasteiger partial charge in [-0.15, -0.1) is 0 Å². The summed E-state index contributed by atoms with van der Waals surface area (Å²) >= 11 is 0. The summed E-state index contributed by atoms with van der Waals surface area (Å²) in [6.07, 6.45) is 1.01. The molecule has 2 aromatic rings. The Morgan fingerprint density at radius 1 is 1.10 bits per heavy atom. The van der Waals surface area contributed by atoms with Crippen molar-refractivity contribution in [1.29, 1.82) is 0 Å². The molecule has 3 nitrogen and oxygen atoms in total. The van der Waals surface area contributed by atoms with Gasteiger partial charge in [0.25, 0.3) is 5.91 Å². The average Bonchev–Trinajstić information content (AvgIpc) is 2.52. The van der Waals surface area contributed by atoms with E-state index in [0.29, 0.717) is 5.56 Å². The van der Waals surface area contributed by atoms with E-state index in [1.807, 2.05) is 44.2 Å². The minimum Gasteiger partial charge on any atom is -0.267 e. The molecular formula is C18H20N2O. The van der Waals surface area contributed by atoms with Gasteiger partial charge in [0.2, 0.25) is 0 Å². The third-order valence-corrected chi connectivity index (χ3v) is 3.49. The predicted octanol–water partition coefficient (Wildman–Crippen LogP) is 3.71. The summed E-state index contributed by atoms with van der Waals surface area (Å²) in [7, 11) is 0. The molecule has 2 aromatic carbocycles. The summed E-state index contributed by atoms with van der Waals surface area (Å²) in [6, 6.07) is 15.7. The average molecular weight is 280 g/mol. The molecule has 0 bridgehead atoms. The second kappa shape index (κ2) is 6.84. The molecule has 0 saturated carbocycles. The summed E-state index contributed by atoms with van der Waals surface area (Å²) in [5, 5.41) is 4.18. The van der Waals surface area contributed by atoms with Gasteiger partial charge in [-0.25, -0.2) is 5.43 Å². The maximum absolute atomic E-state index is 12.1. The van der Waals surface area contributed by atoms with Gasteiger partial charge >= 0.3 is 0 Å². The Balaban J connectivity index is 2.09. The Hall–Kier alpha value is -2.42. The molecule has 0 aromatic heterocycles. The van der Waals surface area contributed by atoms with Gasteiger partial charge in [-0.1, -0.05) is 49.4 Å². The summed E-state index contributed by atoms with van der Waals surface area (Å²) in [5.41, 5.74) is 7.29. The molecule has 0 spiro atoms. The van der Waals surface area contributed by atoms with E-state index < -0.39 is 0 Å². The lowest BCUT2D eigenvalue weighted by atomic mass is 10.1. The number of nitrogens with one attached hydrogen (secondary N) is 1. The highest BCUT2D eigenvalue weighted by atomic mass is 16.2. The van der Waals surface area contributed by atoms with Gasteiger partial charge in [0.15, 0.2) is 0 Å². The van der Waals surface area contributed by atoms with Crippen LogP contribution in [0.25, 0.3) is 0 Å². The van der Waals surface area contributed by atoms with E-state index >= 15 is 0 Å². The number of benzene rings is 2. The molecule has 2 rings (SSSR count). The van der Waals surface area contributed by atoms with E-state index in [9.17, 15) is 4.79 Å². The van der Waals surface area contributed by atoms with Gasteiger partial charge in [-0.05, 0) is 43.0 Å².